The number of amides is 13. The smallest absolute Gasteiger partial charge is 0.245 e. The number of hydrogen-bond acceptors (Lipinski definition) is 17. The highest BCUT2D eigenvalue weighted by molar-refractivity contribution is 7.98. The van der Waals surface area contributed by atoms with E-state index in [2.05, 4.69) is 47.5 Å². The van der Waals surface area contributed by atoms with Crippen molar-refractivity contribution >= 4 is 94.5 Å². The highest BCUT2D eigenvalue weighted by Gasteiger charge is 2.42. The Kier molecular flexibility index (Phi) is 33.9. The molecule has 0 bridgehead atoms. The van der Waals surface area contributed by atoms with E-state index in [1.54, 1.807) is 60.7 Å². The van der Waals surface area contributed by atoms with Gasteiger partial charge in [0, 0.05) is 45.3 Å². The molecule has 0 saturated carbocycles. The van der Waals surface area contributed by atoms with Crippen LogP contribution in [-0.4, -0.2) is 198 Å². The third kappa shape index (κ3) is 27.5. The van der Waals surface area contributed by atoms with Gasteiger partial charge >= 0.3 is 0 Å². The second-order valence-corrected chi connectivity index (χ2v) is 25.1. The molecule has 0 radical (unpaired) electrons. The summed E-state index contributed by atoms with van der Waals surface area (Å²) in [6.07, 6.45) is 3.12. The minimum absolute atomic E-state index is 0.0736. The van der Waals surface area contributed by atoms with E-state index in [1.807, 2.05) is 20.1 Å². The zero-order chi connectivity index (χ0) is 70.1. The Balaban J connectivity index is 1.56. The van der Waals surface area contributed by atoms with Crippen LogP contribution in [0.1, 0.15) is 121 Å². The SMILES string of the molecule is CSCC[C@H](NC(=O)[C@@H](CC(C)C)NC(=O)CNC(=O)[C@H](Cc1ccccc1)NC(=O)[C@H](Cc1ccccc1)NC(=O)[C@H](CCC(N)=O)NC(=O)[C@H](CCC(N)=O)NC(=O)[C@H]1CCCN1C(=O)[C@@H](CCCCN)NC(=O)[C@@H]1CCCN1C(=O)[C@@H](N)CCCN=C(N)N)C(N)=O. The summed E-state index contributed by atoms with van der Waals surface area (Å²) in [4.78, 5) is 185. The largest absolute Gasteiger partial charge is 0.370 e. The second-order valence-electron chi connectivity index (χ2n) is 24.1. The third-order valence-electron chi connectivity index (χ3n) is 16.0. The van der Waals surface area contributed by atoms with Gasteiger partial charge in [0.1, 0.15) is 54.4 Å². The first kappa shape index (κ1) is 78.5. The van der Waals surface area contributed by atoms with Crippen molar-refractivity contribution in [3.63, 3.8) is 0 Å². The summed E-state index contributed by atoms with van der Waals surface area (Å²) in [5, 5.41) is 21.1. The molecule has 4 rings (SSSR count). The van der Waals surface area contributed by atoms with Crippen LogP contribution in [0.3, 0.4) is 0 Å². The average molecular weight is 1350 g/mol. The molecule has 2 aliphatic heterocycles. The predicted molar refractivity (Wildman–Crippen MR) is 356 cm³/mol. The molecular weight excluding hydrogens is 1250 g/mol. The molecule has 2 aromatic rings. The summed E-state index contributed by atoms with van der Waals surface area (Å²) < 4.78 is 0. The van der Waals surface area contributed by atoms with Crippen LogP contribution < -0.4 is 82.7 Å². The van der Waals surface area contributed by atoms with Crippen LogP contribution in [0.15, 0.2) is 65.7 Å². The lowest BCUT2D eigenvalue weighted by atomic mass is 10.0. The lowest BCUT2D eigenvalue weighted by Crippen LogP contribution is -2.60. The Hall–Kier alpha value is -8.91. The number of rotatable bonds is 42. The number of nitrogens with two attached hydrogens (primary N) is 7. The van der Waals surface area contributed by atoms with Crippen LogP contribution in [0, 0.1) is 5.92 Å². The monoisotopic (exact) mass is 1350 g/mol. The number of nitrogens with zero attached hydrogens (tertiary/aromatic N) is 3. The quantitative estimate of drug-likeness (QED) is 0.0173. The Morgan fingerprint density at radius 2 is 1.01 bits per heavy atom. The van der Waals surface area contributed by atoms with Gasteiger partial charge in [0.2, 0.25) is 76.8 Å². The van der Waals surface area contributed by atoms with Crippen molar-refractivity contribution in [2.45, 2.75) is 183 Å². The van der Waals surface area contributed by atoms with Gasteiger partial charge in [-0.1, -0.05) is 74.5 Å². The summed E-state index contributed by atoms with van der Waals surface area (Å²) in [7, 11) is 0. The first-order chi connectivity index (χ1) is 45.2. The van der Waals surface area contributed by atoms with Crippen molar-refractivity contribution in [1.82, 2.24) is 52.3 Å². The van der Waals surface area contributed by atoms with Crippen LogP contribution in [0.5, 0.6) is 0 Å². The molecule has 22 N–H and O–H groups in total. The number of guanidine groups is 1. The molecule has 0 aromatic heterocycles. The van der Waals surface area contributed by atoms with Crippen molar-refractivity contribution in [2.24, 2.45) is 51.0 Å². The number of nitrogens with one attached hydrogen (secondary N) is 8. The molecule has 2 aromatic carbocycles. The molecular formula is C63H98N18O13S. The number of primary amides is 3. The number of thioether (sulfide) groups is 1. The fourth-order valence-corrected chi connectivity index (χ4v) is 11.5. The molecule has 0 aliphatic carbocycles. The maximum absolute atomic E-state index is 14.7. The standard InChI is InChI=1S/C63H98N18O13S/c1-37(2)33-45(57(89)74-41(53(68)85)27-32-95-3)73-52(84)36-72-54(86)46(34-38-15-6-4-7-16-38)78-58(90)47(35-39-17-8-5-9-18-39)79-56(88)42(23-25-50(66)82)75-55(87)43(24-26-51(67)83)76-59(91)49-22-14-31-81(49)62(94)44(20-10-11-28-64)77-60(92)48-21-13-30-80(48)61(93)40(65)19-12-29-71-63(69)70/h4-9,15-18,37,40-49H,10-14,19-36,64-65H2,1-3H3,(H2,66,82)(H2,67,83)(H2,68,85)(H,72,86)(H,73,84)(H,74,89)(H,75,87)(H,76,91)(H,77,92)(H,78,90)(H,79,88)(H4,69,70,71)/t40-,41-,42-,43-,44+,45+,46-,47-,48-,49+/m0/s1. The summed E-state index contributed by atoms with van der Waals surface area (Å²) in [5.41, 5.74) is 40.6. The number of likely N-dealkylation sites (tertiary alicyclic amines) is 2. The second kappa shape index (κ2) is 41.0. The maximum atomic E-state index is 14.7. The summed E-state index contributed by atoms with van der Waals surface area (Å²) in [5.74, 6) is -9.80. The third-order valence-corrected chi connectivity index (χ3v) is 16.7. The van der Waals surface area contributed by atoms with E-state index in [4.69, 9.17) is 40.1 Å². The van der Waals surface area contributed by atoms with Crippen molar-refractivity contribution < 1.29 is 62.3 Å². The van der Waals surface area contributed by atoms with Crippen LogP contribution in [0.2, 0.25) is 0 Å². The van der Waals surface area contributed by atoms with Gasteiger partial charge in [-0.05, 0) is 119 Å². The zero-order valence-corrected chi connectivity index (χ0v) is 55.3. The minimum atomic E-state index is -1.64. The normalized spacial score (nSPS) is 16.8. The van der Waals surface area contributed by atoms with E-state index >= 15 is 0 Å². The summed E-state index contributed by atoms with van der Waals surface area (Å²) in [6.45, 7) is 3.86. The predicted octanol–water partition coefficient (Wildman–Crippen LogP) is -3.71. The number of unbranched alkanes of at least 4 members (excludes halogenated alkanes) is 1. The first-order valence-electron chi connectivity index (χ1n) is 32.2. The zero-order valence-electron chi connectivity index (χ0n) is 54.5. The summed E-state index contributed by atoms with van der Waals surface area (Å²) >= 11 is 1.45. The van der Waals surface area contributed by atoms with Crippen LogP contribution in [0.4, 0.5) is 0 Å². The van der Waals surface area contributed by atoms with Crippen LogP contribution in [0.25, 0.3) is 0 Å². The van der Waals surface area contributed by atoms with Crippen molar-refractivity contribution in [3.05, 3.63) is 71.8 Å². The van der Waals surface area contributed by atoms with E-state index in [0.717, 1.165) is 0 Å². The fraction of sp³-hybridized carbons (Fsp3) is 0.587. The van der Waals surface area contributed by atoms with E-state index in [0.29, 0.717) is 55.4 Å². The minimum Gasteiger partial charge on any atom is -0.370 e. The first-order valence-corrected chi connectivity index (χ1v) is 33.6. The molecule has 0 unspecified atom stereocenters. The average Bonchev–Trinajstić information content (AvgIpc) is 1.74. The molecule has 2 saturated heterocycles. The molecule has 2 heterocycles. The van der Waals surface area contributed by atoms with Crippen LogP contribution >= 0.6 is 11.8 Å². The number of benzene rings is 2. The van der Waals surface area contributed by atoms with Gasteiger partial charge in [0.25, 0.3) is 0 Å². The molecule has 10 atom stereocenters. The van der Waals surface area contributed by atoms with Crippen molar-refractivity contribution in [1.29, 1.82) is 0 Å². The topological polar surface area (TPSA) is 519 Å². The van der Waals surface area contributed by atoms with Gasteiger partial charge in [-0.25, -0.2) is 0 Å². The Morgan fingerprint density at radius 1 is 0.537 bits per heavy atom. The fourth-order valence-electron chi connectivity index (χ4n) is 11.0. The molecule has 13 amide bonds. The van der Waals surface area contributed by atoms with E-state index in [9.17, 15) is 62.3 Å². The van der Waals surface area contributed by atoms with Gasteiger partial charge in [-0.3, -0.25) is 67.3 Å². The van der Waals surface area contributed by atoms with E-state index in [1.165, 1.54) is 21.6 Å². The lowest BCUT2D eigenvalue weighted by molar-refractivity contribution is -0.144. The highest BCUT2D eigenvalue weighted by Crippen LogP contribution is 2.24. The van der Waals surface area contributed by atoms with Crippen molar-refractivity contribution in [2.75, 3.05) is 44.7 Å². The van der Waals surface area contributed by atoms with Gasteiger partial charge in [-0.2, -0.15) is 11.8 Å². The van der Waals surface area contributed by atoms with Gasteiger partial charge in [0.05, 0.1) is 12.6 Å². The van der Waals surface area contributed by atoms with Crippen molar-refractivity contribution in [3.8, 4) is 0 Å². The molecule has 95 heavy (non-hydrogen) atoms. The maximum Gasteiger partial charge on any atom is 0.245 e. The highest BCUT2D eigenvalue weighted by atomic mass is 32.2. The Morgan fingerprint density at radius 3 is 1.51 bits per heavy atom. The molecule has 31 nitrogen and oxygen atoms in total. The molecule has 0 spiro atoms. The Labute approximate surface area is 558 Å². The van der Waals surface area contributed by atoms with E-state index in [-0.39, 0.29) is 83.0 Å². The number of carbonyl (C=O) groups is 13. The molecule has 2 fully saturated rings. The number of aliphatic imine (C=N–C) groups is 1. The van der Waals surface area contributed by atoms with E-state index < -0.39 is 169 Å². The molecule has 2 aliphatic rings. The van der Waals surface area contributed by atoms with Gasteiger partial charge < -0.3 is 92.5 Å². The molecule has 32 heteroatoms. The molecule has 524 valence electrons. The number of hydrogen-bond donors (Lipinski definition) is 15. The van der Waals surface area contributed by atoms with Gasteiger partial charge in [-0.15, -0.1) is 0 Å². The Bertz CT molecular complexity index is 2960. The lowest BCUT2D eigenvalue weighted by Gasteiger charge is -2.32. The van der Waals surface area contributed by atoms with Gasteiger partial charge in [0.15, 0.2) is 5.96 Å². The number of carbonyl (C=O) groups excluding carboxylic acids is 13. The summed E-state index contributed by atoms with van der Waals surface area (Å²) in [6, 6.07) is 4.51. The van der Waals surface area contributed by atoms with Crippen LogP contribution in [-0.2, 0) is 75.2 Å².